The van der Waals surface area contributed by atoms with Crippen LogP contribution in [0.15, 0.2) is 28.5 Å². The van der Waals surface area contributed by atoms with Crippen LogP contribution in [0.5, 0.6) is 0 Å². The van der Waals surface area contributed by atoms with Crippen molar-refractivity contribution in [2.45, 2.75) is 31.3 Å². The molecule has 23 heavy (non-hydrogen) atoms. The lowest BCUT2D eigenvalue weighted by atomic mass is 10.2. The van der Waals surface area contributed by atoms with E-state index in [1.165, 1.54) is 30.0 Å². The molecule has 0 unspecified atom stereocenters. The summed E-state index contributed by atoms with van der Waals surface area (Å²) < 4.78 is 40.7. The Morgan fingerprint density at radius 3 is 2.83 bits per heavy atom. The number of hydrogen-bond donors (Lipinski definition) is 0. The number of alkyl halides is 2. The molecule has 0 fully saturated rings. The SMILES string of the molecule is CCCCSc1nnc(C(F)F)n1N=Cc1c(F)cccc1Cl. The smallest absolute Gasteiger partial charge is 0.206 e. The zero-order chi connectivity index (χ0) is 16.8. The molecule has 9 heteroatoms. The summed E-state index contributed by atoms with van der Waals surface area (Å²) in [5.74, 6) is -0.478. The second-order valence-electron chi connectivity index (χ2n) is 4.54. The molecule has 0 radical (unpaired) electrons. The fraction of sp³-hybridized carbons (Fsp3) is 0.357. The minimum absolute atomic E-state index is 0.0209. The lowest BCUT2D eigenvalue weighted by Crippen LogP contribution is -2.02. The number of aromatic nitrogens is 3. The van der Waals surface area contributed by atoms with Crippen molar-refractivity contribution >= 4 is 29.6 Å². The van der Waals surface area contributed by atoms with Gasteiger partial charge in [0, 0.05) is 11.3 Å². The van der Waals surface area contributed by atoms with Gasteiger partial charge in [0.15, 0.2) is 0 Å². The highest BCUT2D eigenvalue weighted by molar-refractivity contribution is 7.99. The van der Waals surface area contributed by atoms with E-state index in [-0.39, 0.29) is 15.7 Å². The van der Waals surface area contributed by atoms with Crippen LogP contribution >= 0.6 is 23.4 Å². The molecule has 124 valence electrons. The molecular weight excluding hydrogens is 349 g/mol. The molecule has 4 nitrogen and oxygen atoms in total. The first-order valence-electron chi connectivity index (χ1n) is 6.89. The van der Waals surface area contributed by atoms with E-state index in [0.717, 1.165) is 23.7 Å². The van der Waals surface area contributed by atoms with Crippen LogP contribution in [0.3, 0.4) is 0 Å². The van der Waals surface area contributed by atoms with E-state index in [2.05, 4.69) is 15.3 Å². The highest BCUT2D eigenvalue weighted by atomic mass is 35.5. The number of thioether (sulfide) groups is 1. The fourth-order valence-corrected chi connectivity index (χ4v) is 2.86. The first kappa shape index (κ1) is 17.8. The molecule has 0 saturated carbocycles. The van der Waals surface area contributed by atoms with Crippen LogP contribution in [0.25, 0.3) is 0 Å². The number of benzene rings is 1. The van der Waals surface area contributed by atoms with Crippen LogP contribution in [-0.2, 0) is 0 Å². The van der Waals surface area contributed by atoms with Gasteiger partial charge < -0.3 is 0 Å². The number of halogens is 4. The molecule has 2 rings (SSSR count). The zero-order valence-electron chi connectivity index (χ0n) is 12.2. The van der Waals surface area contributed by atoms with Crippen LogP contribution in [0.2, 0.25) is 5.02 Å². The molecule has 0 aliphatic rings. The lowest BCUT2D eigenvalue weighted by molar-refractivity contribution is 0.135. The van der Waals surface area contributed by atoms with Crippen molar-refractivity contribution in [1.29, 1.82) is 0 Å². The molecule has 0 bridgehead atoms. The summed E-state index contributed by atoms with van der Waals surface area (Å²) in [7, 11) is 0. The Labute approximate surface area is 140 Å². The zero-order valence-corrected chi connectivity index (χ0v) is 13.8. The summed E-state index contributed by atoms with van der Waals surface area (Å²) in [6.45, 7) is 2.02. The van der Waals surface area contributed by atoms with E-state index in [4.69, 9.17) is 11.6 Å². The number of hydrogen-bond acceptors (Lipinski definition) is 4. The minimum Gasteiger partial charge on any atom is -0.206 e. The quantitative estimate of drug-likeness (QED) is 0.404. The van der Waals surface area contributed by atoms with Gasteiger partial charge in [-0.15, -0.1) is 10.2 Å². The van der Waals surface area contributed by atoms with E-state index in [9.17, 15) is 13.2 Å². The van der Waals surface area contributed by atoms with Gasteiger partial charge >= 0.3 is 0 Å². The molecule has 0 atom stereocenters. The van der Waals surface area contributed by atoms with Crippen molar-refractivity contribution in [3.05, 3.63) is 40.4 Å². The third-order valence-corrected chi connectivity index (χ3v) is 4.20. The summed E-state index contributed by atoms with van der Waals surface area (Å²) in [5, 5.41) is 11.4. The molecule has 0 aliphatic carbocycles. The molecular formula is C14H14ClF3N4S. The van der Waals surface area contributed by atoms with Gasteiger partial charge in [0.2, 0.25) is 11.0 Å². The van der Waals surface area contributed by atoms with E-state index >= 15 is 0 Å². The van der Waals surface area contributed by atoms with Crippen LogP contribution in [0.4, 0.5) is 13.2 Å². The van der Waals surface area contributed by atoms with Crippen LogP contribution in [0.1, 0.15) is 37.6 Å². The summed E-state index contributed by atoms with van der Waals surface area (Å²) in [4.78, 5) is 0. The van der Waals surface area contributed by atoms with Crippen LogP contribution < -0.4 is 0 Å². The van der Waals surface area contributed by atoms with E-state index in [0.29, 0.717) is 5.75 Å². The Morgan fingerprint density at radius 1 is 1.39 bits per heavy atom. The maximum atomic E-state index is 13.7. The van der Waals surface area contributed by atoms with Crippen molar-refractivity contribution in [3.8, 4) is 0 Å². The molecule has 0 spiro atoms. The van der Waals surface area contributed by atoms with E-state index in [1.54, 1.807) is 0 Å². The molecule has 0 saturated heterocycles. The predicted molar refractivity (Wildman–Crippen MR) is 85.0 cm³/mol. The maximum absolute atomic E-state index is 13.7. The molecule has 0 aliphatic heterocycles. The average Bonchev–Trinajstić information content (AvgIpc) is 2.90. The van der Waals surface area contributed by atoms with Crippen molar-refractivity contribution < 1.29 is 13.2 Å². The monoisotopic (exact) mass is 362 g/mol. The standard InChI is InChI=1S/C14H14ClF3N4S/c1-2-3-7-23-14-21-20-13(12(17)18)22(14)19-8-9-10(15)5-4-6-11(9)16/h4-6,8,12H,2-3,7H2,1H3. The summed E-state index contributed by atoms with van der Waals surface area (Å²) in [6, 6.07) is 4.15. The Bertz CT molecular complexity index is 670. The van der Waals surface area contributed by atoms with E-state index in [1.807, 2.05) is 6.92 Å². The molecule has 1 aromatic carbocycles. The van der Waals surface area contributed by atoms with Gasteiger partial charge in [0.25, 0.3) is 6.43 Å². The van der Waals surface area contributed by atoms with Crippen molar-refractivity contribution in [2.75, 3.05) is 5.75 Å². The molecule has 0 N–H and O–H groups in total. The minimum atomic E-state index is -2.84. The highest BCUT2D eigenvalue weighted by Crippen LogP contribution is 2.24. The average molecular weight is 363 g/mol. The third kappa shape index (κ3) is 4.48. The van der Waals surface area contributed by atoms with E-state index < -0.39 is 18.1 Å². The number of rotatable bonds is 7. The van der Waals surface area contributed by atoms with Crippen molar-refractivity contribution in [2.24, 2.45) is 5.10 Å². The maximum Gasteiger partial charge on any atom is 0.299 e. The number of unbranched alkanes of at least 4 members (excludes halogenated alkanes) is 1. The second-order valence-corrected chi connectivity index (χ2v) is 6.00. The Kier molecular flexibility index (Phi) is 6.47. The normalized spacial score (nSPS) is 11.7. The first-order chi connectivity index (χ1) is 11.0. The van der Waals surface area contributed by atoms with Crippen molar-refractivity contribution in [3.63, 3.8) is 0 Å². The van der Waals surface area contributed by atoms with Gasteiger partial charge in [-0.25, -0.2) is 13.2 Å². The van der Waals surface area contributed by atoms with Crippen LogP contribution in [0, 0.1) is 5.82 Å². The Balaban J connectivity index is 2.33. The second kappa shape index (κ2) is 8.35. The van der Waals surface area contributed by atoms with Gasteiger partial charge in [0.05, 0.1) is 11.2 Å². The topological polar surface area (TPSA) is 43.1 Å². The first-order valence-corrected chi connectivity index (χ1v) is 8.25. The molecule has 1 heterocycles. The summed E-state index contributed by atoms with van der Waals surface area (Å²) >= 11 is 7.16. The summed E-state index contributed by atoms with van der Waals surface area (Å²) in [5.41, 5.74) is 0.0209. The Hall–Kier alpha value is -1.54. The Morgan fingerprint density at radius 2 is 2.17 bits per heavy atom. The fourth-order valence-electron chi connectivity index (χ4n) is 1.67. The molecule has 1 aromatic heterocycles. The largest absolute Gasteiger partial charge is 0.299 e. The molecule has 2 aromatic rings. The lowest BCUT2D eigenvalue weighted by Gasteiger charge is -2.04. The van der Waals surface area contributed by atoms with Gasteiger partial charge in [-0.3, -0.25) is 0 Å². The predicted octanol–water partition coefficient (Wildman–Crippen LogP) is 4.78. The third-order valence-electron chi connectivity index (χ3n) is 2.86. The van der Waals surface area contributed by atoms with Gasteiger partial charge in [-0.1, -0.05) is 42.8 Å². The van der Waals surface area contributed by atoms with Gasteiger partial charge in [-0.05, 0) is 18.6 Å². The van der Waals surface area contributed by atoms with Gasteiger partial charge in [0.1, 0.15) is 5.82 Å². The van der Waals surface area contributed by atoms with Crippen LogP contribution in [-0.4, -0.2) is 26.8 Å². The summed E-state index contributed by atoms with van der Waals surface area (Å²) in [6.07, 6.45) is 0.134. The van der Waals surface area contributed by atoms with Crippen molar-refractivity contribution in [1.82, 2.24) is 14.9 Å². The van der Waals surface area contributed by atoms with Gasteiger partial charge in [-0.2, -0.15) is 9.78 Å². The highest BCUT2D eigenvalue weighted by Gasteiger charge is 2.20. The molecule has 0 amide bonds. The number of nitrogens with zero attached hydrogens (tertiary/aromatic N) is 4.